The molecule has 0 saturated heterocycles. The maximum Gasteiger partial charge on any atom is 0.338 e. The van der Waals surface area contributed by atoms with E-state index in [-0.39, 0.29) is 0 Å². The molecule has 0 spiro atoms. The van der Waals surface area contributed by atoms with Gasteiger partial charge in [0.15, 0.2) is 0 Å². The number of fused-ring (bicyclic) bond motifs is 1. The largest absolute Gasteiger partial charge is 0.423 e. The van der Waals surface area contributed by atoms with Crippen molar-refractivity contribution in [2.24, 2.45) is 0 Å². The van der Waals surface area contributed by atoms with Gasteiger partial charge in [-0.2, -0.15) is 0 Å². The molecule has 1 unspecified atom stereocenters. The molecule has 0 aromatic heterocycles. The van der Waals surface area contributed by atoms with Crippen LogP contribution in [-0.2, 0) is 14.5 Å². The van der Waals surface area contributed by atoms with Gasteiger partial charge in [-0.25, -0.2) is 14.5 Å². The number of carbonyl (C=O) groups excluding carboxylic acids is 2. The van der Waals surface area contributed by atoms with Crippen molar-refractivity contribution in [3.63, 3.8) is 0 Å². The van der Waals surface area contributed by atoms with Crippen molar-refractivity contribution >= 4 is 22.7 Å². The number of benzene rings is 4. The predicted octanol–water partition coefficient (Wildman–Crippen LogP) is 7.05. The zero-order valence-corrected chi connectivity index (χ0v) is 20.6. The van der Waals surface area contributed by atoms with E-state index in [2.05, 4.69) is 19.2 Å². The van der Waals surface area contributed by atoms with E-state index in [1.165, 1.54) is 0 Å². The van der Waals surface area contributed by atoms with Gasteiger partial charge in [0.05, 0.1) is 0 Å². The van der Waals surface area contributed by atoms with Gasteiger partial charge < -0.3 is 9.47 Å². The van der Waals surface area contributed by atoms with Crippen LogP contribution in [0.25, 0.3) is 21.9 Å². The van der Waals surface area contributed by atoms with Crippen molar-refractivity contribution in [1.82, 2.24) is 0 Å². The standard InChI is InChI=1S/C31H26O6/c1-19(2)30(32)35-27-14-11-23(12-15-27)29(37-34)22-7-5-21(6-8-22)24-9-10-26-18-28(16-13-25(26)17-24)36-31(33)20(3)4/h5-18,29,34H,1,3H2,2,4H3. The Labute approximate surface area is 215 Å². The number of carbonyl (C=O) groups is 2. The first-order chi connectivity index (χ1) is 17.7. The molecule has 0 aliphatic carbocycles. The summed E-state index contributed by atoms with van der Waals surface area (Å²) in [7, 11) is 0. The molecule has 0 aliphatic heterocycles. The van der Waals surface area contributed by atoms with E-state index in [0.717, 1.165) is 27.5 Å². The summed E-state index contributed by atoms with van der Waals surface area (Å²) in [6, 6.07) is 25.9. The van der Waals surface area contributed by atoms with Gasteiger partial charge in [-0.05, 0) is 77.2 Å². The Morgan fingerprint density at radius 1 is 0.649 bits per heavy atom. The van der Waals surface area contributed by atoms with Crippen LogP contribution in [0.5, 0.6) is 11.5 Å². The van der Waals surface area contributed by atoms with Gasteiger partial charge in [-0.3, -0.25) is 5.26 Å². The molecule has 0 aliphatic rings. The lowest BCUT2D eigenvalue weighted by atomic mass is 9.97. The van der Waals surface area contributed by atoms with E-state index < -0.39 is 18.0 Å². The lowest BCUT2D eigenvalue weighted by molar-refractivity contribution is -0.270. The summed E-state index contributed by atoms with van der Waals surface area (Å²) in [5.41, 5.74) is 4.09. The maximum atomic E-state index is 11.8. The van der Waals surface area contributed by atoms with Gasteiger partial charge in [0.2, 0.25) is 0 Å². The van der Waals surface area contributed by atoms with Crippen LogP contribution in [0.4, 0.5) is 0 Å². The molecule has 6 nitrogen and oxygen atoms in total. The summed E-state index contributed by atoms with van der Waals surface area (Å²) < 4.78 is 10.5. The van der Waals surface area contributed by atoms with E-state index in [1.807, 2.05) is 48.5 Å². The SMILES string of the molecule is C=C(C)C(=O)Oc1ccc(C(OO)c2ccc(-c3ccc4cc(OC(=O)C(=C)C)ccc4c3)cc2)cc1. The highest BCUT2D eigenvalue weighted by molar-refractivity contribution is 5.91. The summed E-state index contributed by atoms with van der Waals surface area (Å²) in [6.07, 6.45) is -0.711. The number of hydrogen-bond acceptors (Lipinski definition) is 6. The highest BCUT2D eigenvalue weighted by atomic mass is 17.1. The normalized spacial score (nSPS) is 11.5. The molecule has 0 fully saturated rings. The Balaban J connectivity index is 1.51. The third kappa shape index (κ3) is 6.01. The van der Waals surface area contributed by atoms with E-state index in [0.29, 0.717) is 28.2 Å². The highest BCUT2D eigenvalue weighted by Crippen LogP contribution is 2.31. The second-order valence-electron chi connectivity index (χ2n) is 8.74. The summed E-state index contributed by atoms with van der Waals surface area (Å²) in [6.45, 7) is 10.4. The van der Waals surface area contributed by atoms with Crippen LogP contribution < -0.4 is 9.47 Å². The van der Waals surface area contributed by atoms with Crippen molar-refractivity contribution in [2.45, 2.75) is 20.0 Å². The minimum absolute atomic E-state index is 0.306. The smallest absolute Gasteiger partial charge is 0.338 e. The van der Waals surface area contributed by atoms with Crippen LogP contribution >= 0.6 is 0 Å². The maximum absolute atomic E-state index is 11.8. The quantitative estimate of drug-likeness (QED) is 0.0929. The average molecular weight is 495 g/mol. The molecule has 0 bridgehead atoms. The molecular formula is C31H26O6. The lowest BCUT2D eigenvalue weighted by Gasteiger charge is -2.15. The second-order valence-corrected chi connectivity index (χ2v) is 8.74. The molecule has 186 valence electrons. The molecule has 1 N–H and O–H groups in total. The fraction of sp³-hybridized carbons (Fsp3) is 0.0968. The fourth-order valence-corrected chi connectivity index (χ4v) is 3.73. The molecule has 4 aromatic carbocycles. The van der Waals surface area contributed by atoms with E-state index in [4.69, 9.17) is 14.4 Å². The molecule has 4 rings (SSSR count). The van der Waals surface area contributed by atoms with Crippen LogP contribution in [0.1, 0.15) is 31.1 Å². The molecule has 0 saturated carbocycles. The van der Waals surface area contributed by atoms with Crippen molar-refractivity contribution in [1.29, 1.82) is 0 Å². The first-order valence-electron chi connectivity index (χ1n) is 11.5. The van der Waals surface area contributed by atoms with Gasteiger partial charge in [0, 0.05) is 11.1 Å². The second kappa shape index (κ2) is 11.0. The summed E-state index contributed by atoms with van der Waals surface area (Å²) in [5, 5.41) is 11.5. The third-order valence-corrected chi connectivity index (χ3v) is 5.76. The molecule has 6 heteroatoms. The van der Waals surface area contributed by atoms with Gasteiger partial charge in [-0.15, -0.1) is 0 Å². The van der Waals surface area contributed by atoms with Crippen LogP contribution in [0.3, 0.4) is 0 Å². The Morgan fingerprint density at radius 3 is 1.68 bits per heavy atom. The number of rotatable bonds is 8. The summed E-state index contributed by atoms with van der Waals surface area (Å²) >= 11 is 0. The molecule has 0 radical (unpaired) electrons. The highest BCUT2D eigenvalue weighted by Gasteiger charge is 2.16. The Kier molecular flexibility index (Phi) is 7.63. The summed E-state index contributed by atoms with van der Waals surface area (Å²) in [4.78, 5) is 28.3. The van der Waals surface area contributed by atoms with Gasteiger partial charge >= 0.3 is 11.9 Å². The van der Waals surface area contributed by atoms with Crippen molar-refractivity contribution in [3.8, 4) is 22.6 Å². The average Bonchev–Trinajstić information content (AvgIpc) is 2.90. The Bertz CT molecular complexity index is 1480. The molecule has 0 amide bonds. The summed E-state index contributed by atoms with van der Waals surface area (Å²) in [5.74, 6) is -0.113. The van der Waals surface area contributed by atoms with Crippen LogP contribution in [0.2, 0.25) is 0 Å². The van der Waals surface area contributed by atoms with E-state index >= 15 is 0 Å². The Morgan fingerprint density at radius 2 is 1.11 bits per heavy atom. The minimum atomic E-state index is -0.711. The van der Waals surface area contributed by atoms with Crippen molar-refractivity contribution in [2.75, 3.05) is 0 Å². The van der Waals surface area contributed by atoms with E-state index in [1.54, 1.807) is 44.2 Å². The number of ether oxygens (including phenoxy) is 2. The molecule has 1 atom stereocenters. The molecule has 4 aromatic rings. The Hall–Kier alpha value is -4.52. The van der Waals surface area contributed by atoms with Crippen molar-refractivity contribution in [3.05, 3.63) is 120 Å². The number of hydrogen-bond donors (Lipinski definition) is 1. The molecule has 37 heavy (non-hydrogen) atoms. The lowest BCUT2D eigenvalue weighted by Crippen LogP contribution is -2.08. The minimum Gasteiger partial charge on any atom is -0.423 e. The van der Waals surface area contributed by atoms with Gasteiger partial charge in [0.25, 0.3) is 0 Å². The zero-order valence-electron chi connectivity index (χ0n) is 20.6. The van der Waals surface area contributed by atoms with E-state index in [9.17, 15) is 14.8 Å². The first-order valence-corrected chi connectivity index (χ1v) is 11.5. The van der Waals surface area contributed by atoms with Crippen LogP contribution in [0.15, 0.2) is 109 Å². The number of esters is 2. The predicted molar refractivity (Wildman–Crippen MR) is 142 cm³/mol. The topological polar surface area (TPSA) is 82.1 Å². The fourth-order valence-electron chi connectivity index (χ4n) is 3.73. The first kappa shape index (κ1) is 25.6. The van der Waals surface area contributed by atoms with Crippen LogP contribution in [0, 0.1) is 0 Å². The monoisotopic (exact) mass is 494 g/mol. The van der Waals surface area contributed by atoms with Gasteiger partial charge in [0.1, 0.15) is 17.6 Å². The van der Waals surface area contributed by atoms with Gasteiger partial charge in [-0.1, -0.05) is 67.8 Å². The molecule has 0 heterocycles. The van der Waals surface area contributed by atoms with Crippen LogP contribution in [-0.4, -0.2) is 17.2 Å². The molecular weight excluding hydrogens is 468 g/mol. The van der Waals surface area contributed by atoms with Crippen molar-refractivity contribution < 1.29 is 29.2 Å². The zero-order chi connectivity index (χ0) is 26.5. The third-order valence-electron chi connectivity index (χ3n) is 5.76.